The minimum atomic E-state index is 0.108. The lowest BCUT2D eigenvalue weighted by Crippen LogP contribution is -2.24. The minimum Gasteiger partial charge on any atom is -0.339 e. The molecule has 1 nitrogen and oxygen atoms in total. The van der Waals surface area contributed by atoms with Crippen molar-refractivity contribution >= 4 is 31.6 Å². The number of unbranched alkanes of at least 4 members (excludes halogenated alkanes) is 2. The lowest BCUT2D eigenvalue weighted by atomic mass is 9.94. The Hall–Kier alpha value is -0.708. The lowest BCUT2D eigenvalue weighted by Gasteiger charge is -2.27. The number of aryl methyl sites for hydroxylation is 3. The average Bonchev–Trinajstić information content (AvgIpc) is 2.73. The first-order chi connectivity index (χ1) is 10.6. The molecule has 1 heterocycles. The highest BCUT2D eigenvalue weighted by molar-refractivity contribution is 6.36. The van der Waals surface area contributed by atoms with E-state index in [0.717, 1.165) is 0 Å². The number of aromatic nitrogens is 1. The second kappa shape index (κ2) is 6.66. The molecule has 2 aromatic rings. The van der Waals surface area contributed by atoms with Crippen LogP contribution in [0, 0.1) is 27.7 Å². The predicted octanol–water partition coefficient (Wildman–Crippen LogP) is 5.16. The van der Waals surface area contributed by atoms with Crippen molar-refractivity contribution < 1.29 is 0 Å². The first-order valence-corrected chi connectivity index (χ1v) is 9.60. The molecule has 0 atom stereocenters. The van der Waals surface area contributed by atoms with Crippen LogP contribution in [0.5, 0.6) is 0 Å². The van der Waals surface area contributed by atoms with E-state index in [1.165, 1.54) is 63.4 Å². The van der Waals surface area contributed by atoms with Gasteiger partial charge in [-0.1, -0.05) is 30.9 Å². The van der Waals surface area contributed by atoms with E-state index in [-0.39, 0.29) is 5.54 Å². The molecule has 1 aromatic carbocycles. The van der Waals surface area contributed by atoms with Gasteiger partial charge in [0.1, 0.15) is 0 Å². The third-order valence-corrected chi connectivity index (χ3v) is 6.11. The van der Waals surface area contributed by atoms with Gasteiger partial charge in [0, 0.05) is 16.6 Å². The van der Waals surface area contributed by atoms with Crippen molar-refractivity contribution in [1.82, 2.24) is 4.57 Å². The van der Waals surface area contributed by atoms with Gasteiger partial charge < -0.3 is 4.57 Å². The maximum absolute atomic E-state index is 3.03. The molecule has 1 aromatic heterocycles. The molecule has 0 N–H and O–H groups in total. The predicted molar refractivity (Wildman–Crippen MR) is 104 cm³/mol. The van der Waals surface area contributed by atoms with Crippen LogP contribution >= 0.6 is 0 Å². The highest BCUT2D eigenvalue weighted by Crippen LogP contribution is 2.35. The van der Waals surface area contributed by atoms with Crippen molar-refractivity contribution in [3.05, 3.63) is 27.9 Å². The van der Waals surface area contributed by atoms with Crippen molar-refractivity contribution in [3.63, 3.8) is 0 Å². The molecule has 0 spiro atoms. The molecule has 0 saturated carbocycles. The summed E-state index contributed by atoms with van der Waals surface area (Å²) in [6.07, 6.45) is 5.09. The first kappa shape index (κ1) is 18.6. The van der Waals surface area contributed by atoms with E-state index in [0.29, 0.717) is 0 Å². The van der Waals surface area contributed by atoms with E-state index in [2.05, 4.69) is 76.2 Å². The summed E-state index contributed by atoms with van der Waals surface area (Å²) in [7, 11) is 0. The Bertz CT molecular complexity index is 729. The largest absolute Gasteiger partial charge is 0.339 e. The molecule has 0 fully saturated rings. The van der Waals surface area contributed by atoms with Gasteiger partial charge in [-0.05, 0) is 72.4 Å². The Balaban J connectivity index is 2.83. The highest BCUT2D eigenvalue weighted by atomic mass is 27.0. The van der Waals surface area contributed by atoms with Crippen molar-refractivity contribution in [2.45, 2.75) is 86.6 Å². The summed E-state index contributed by atoms with van der Waals surface area (Å²) in [6.45, 7) is 18.4. The molecule has 2 radical (unpaired) electrons. The monoisotopic (exact) mass is 325 g/mol. The zero-order valence-electron chi connectivity index (χ0n) is 16.4. The fourth-order valence-electron chi connectivity index (χ4n) is 4.04. The van der Waals surface area contributed by atoms with Crippen molar-refractivity contribution in [3.8, 4) is 0 Å². The van der Waals surface area contributed by atoms with E-state index in [1.54, 1.807) is 5.56 Å². The number of rotatable bonds is 4. The summed E-state index contributed by atoms with van der Waals surface area (Å²) in [4.78, 5) is 0. The fraction of sp³-hybridized carbons (Fsp3) is 0.619. The smallest absolute Gasteiger partial charge is 0.176 e. The maximum atomic E-state index is 3.03. The van der Waals surface area contributed by atoms with Gasteiger partial charge >= 0.3 is 0 Å². The van der Waals surface area contributed by atoms with Crippen LogP contribution in [0.1, 0.15) is 74.9 Å². The van der Waals surface area contributed by atoms with Crippen LogP contribution in [0.4, 0.5) is 0 Å². The van der Waals surface area contributed by atoms with Gasteiger partial charge in [0.15, 0.2) is 16.3 Å². The molecule has 0 amide bonds. The molecule has 0 aliphatic rings. The zero-order valence-corrected chi connectivity index (χ0v) is 17.5. The quantitative estimate of drug-likeness (QED) is 0.541. The third-order valence-electron chi connectivity index (χ3n) is 5.33. The SMILES string of the molecule is CCCCCc1[c]([Al])c(C)c2c(C)c(C)n(C(C)(C)C)c2c1C. The third kappa shape index (κ3) is 3.13. The second-order valence-electron chi connectivity index (χ2n) is 8.04. The molecule has 0 aliphatic carbocycles. The zero-order chi connectivity index (χ0) is 17.5. The van der Waals surface area contributed by atoms with E-state index < -0.39 is 0 Å². The van der Waals surface area contributed by atoms with Gasteiger partial charge in [-0.25, -0.2) is 0 Å². The lowest BCUT2D eigenvalue weighted by molar-refractivity contribution is 0.402. The summed E-state index contributed by atoms with van der Waals surface area (Å²) in [5.41, 5.74) is 8.91. The van der Waals surface area contributed by atoms with Crippen LogP contribution in [-0.2, 0) is 12.0 Å². The van der Waals surface area contributed by atoms with Gasteiger partial charge in [0.05, 0.1) is 5.52 Å². The molecule has 23 heavy (non-hydrogen) atoms. The molecule has 124 valence electrons. The summed E-state index contributed by atoms with van der Waals surface area (Å²) in [5.74, 6) is 0. The van der Waals surface area contributed by atoms with Gasteiger partial charge in [-0.3, -0.25) is 0 Å². The Labute approximate surface area is 150 Å². The Morgan fingerprint density at radius 3 is 2.04 bits per heavy atom. The van der Waals surface area contributed by atoms with E-state index in [1.807, 2.05) is 0 Å². The van der Waals surface area contributed by atoms with Gasteiger partial charge in [-0.2, -0.15) is 0 Å². The van der Waals surface area contributed by atoms with Crippen LogP contribution < -0.4 is 4.43 Å². The van der Waals surface area contributed by atoms with E-state index >= 15 is 0 Å². The van der Waals surface area contributed by atoms with Crippen molar-refractivity contribution in [2.75, 3.05) is 0 Å². The number of hydrogen-bond donors (Lipinski definition) is 0. The number of fused-ring (bicyclic) bond motifs is 1. The van der Waals surface area contributed by atoms with Crippen LogP contribution in [0.2, 0.25) is 0 Å². The molecule has 0 unspecified atom stereocenters. The standard InChI is InChI=1S/C21H32N.Al/c1-9-10-11-12-18-13-14(2)19-15(3)17(5)22(21(6,7)8)20(19)16(18)4;/h9-12H2,1-8H3;. The summed E-state index contributed by atoms with van der Waals surface area (Å²) in [5, 5.41) is 1.47. The van der Waals surface area contributed by atoms with Crippen LogP contribution in [0.15, 0.2) is 0 Å². The molecule has 2 heteroatoms. The topological polar surface area (TPSA) is 4.93 Å². The van der Waals surface area contributed by atoms with Crippen LogP contribution in [0.25, 0.3) is 10.9 Å². The normalized spacial score (nSPS) is 12.3. The van der Waals surface area contributed by atoms with Gasteiger partial charge in [-0.15, -0.1) is 4.43 Å². The number of nitrogens with zero attached hydrogens (tertiary/aromatic N) is 1. The Morgan fingerprint density at radius 1 is 0.913 bits per heavy atom. The second-order valence-corrected chi connectivity index (χ2v) is 8.62. The van der Waals surface area contributed by atoms with Crippen LogP contribution in [-0.4, -0.2) is 20.9 Å². The molecule has 0 saturated heterocycles. The summed E-state index contributed by atoms with van der Waals surface area (Å²) < 4.78 is 3.99. The van der Waals surface area contributed by atoms with Gasteiger partial charge in [0.25, 0.3) is 0 Å². The summed E-state index contributed by atoms with van der Waals surface area (Å²) >= 11 is 3.03. The average molecular weight is 325 g/mol. The highest BCUT2D eigenvalue weighted by Gasteiger charge is 2.24. The Kier molecular flexibility index (Phi) is 5.39. The molecule has 0 bridgehead atoms. The number of hydrogen-bond acceptors (Lipinski definition) is 0. The van der Waals surface area contributed by atoms with E-state index in [9.17, 15) is 0 Å². The van der Waals surface area contributed by atoms with Crippen molar-refractivity contribution in [1.29, 1.82) is 0 Å². The van der Waals surface area contributed by atoms with Crippen LogP contribution in [0.3, 0.4) is 0 Å². The Morgan fingerprint density at radius 2 is 1.52 bits per heavy atom. The number of benzene rings is 1. The van der Waals surface area contributed by atoms with Crippen molar-refractivity contribution in [2.24, 2.45) is 0 Å². The first-order valence-electron chi connectivity index (χ1n) is 9.02. The molecule has 2 rings (SSSR count). The summed E-state index contributed by atoms with van der Waals surface area (Å²) in [6, 6.07) is 0. The van der Waals surface area contributed by atoms with Gasteiger partial charge in [0.2, 0.25) is 0 Å². The molecule has 0 aliphatic heterocycles. The molecular formula is C21H32AlN. The molecular weight excluding hydrogens is 293 g/mol. The maximum Gasteiger partial charge on any atom is 0.176 e. The van der Waals surface area contributed by atoms with E-state index in [4.69, 9.17) is 0 Å². The fourth-order valence-corrected chi connectivity index (χ4v) is 4.54. The minimum absolute atomic E-state index is 0.108.